The van der Waals surface area contributed by atoms with Crippen LogP contribution in [0.4, 0.5) is 0 Å². The number of aromatic nitrogens is 2. The number of hydrogen-bond donors (Lipinski definition) is 1. The first-order valence-electron chi connectivity index (χ1n) is 10.7. The molecule has 1 fully saturated rings. The highest BCUT2D eigenvalue weighted by molar-refractivity contribution is 6.46. The van der Waals surface area contributed by atoms with E-state index in [2.05, 4.69) is 9.97 Å². The zero-order valence-corrected chi connectivity index (χ0v) is 18.7. The standard InChI is InChI=1S/C26H25N3O4/c1-16(2)19-14-18(7-8-21(19)33-3)24(30)22-23(20-6-4-5-11-28-20)29(26(32)25(22)31)15-17-9-12-27-13-10-17/h4-14,16,23,30H,15H2,1-3H3/b24-22-. The van der Waals surface area contributed by atoms with Crippen molar-refractivity contribution in [2.75, 3.05) is 7.11 Å². The third-order valence-corrected chi connectivity index (χ3v) is 5.74. The molecule has 4 rings (SSSR count). The molecule has 1 N–H and O–H groups in total. The molecule has 1 aliphatic rings. The number of aliphatic hydroxyl groups is 1. The summed E-state index contributed by atoms with van der Waals surface area (Å²) in [6.45, 7) is 4.22. The van der Waals surface area contributed by atoms with Crippen molar-refractivity contribution < 1.29 is 19.4 Å². The Morgan fingerprint density at radius 2 is 1.85 bits per heavy atom. The van der Waals surface area contributed by atoms with Gasteiger partial charge < -0.3 is 14.7 Å². The Labute approximate surface area is 192 Å². The van der Waals surface area contributed by atoms with Crippen LogP contribution < -0.4 is 4.74 Å². The predicted octanol–water partition coefficient (Wildman–Crippen LogP) is 4.23. The van der Waals surface area contributed by atoms with E-state index in [4.69, 9.17) is 4.74 Å². The van der Waals surface area contributed by atoms with E-state index < -0.39 is 17.7 Å². The molecular formula is C26H25N3O4. The van der Waals surface area contributed by atoms with E-state index in [0.717, 1.165) is 11.1 Å². The molecule has 7 nitrogen and oxygen atoms in total. The minimum atomic E-state index is -0.816. The average Bonchev–Trinajstić information content (AvgIpc) is 3.09. The number of rotatable bonds is 6. The highest BCUT2D eigenvalue weighted by Crippen LogP contribution is 2.40. The van der Waals surface area contributed by atoms with Crippen LogP contribution in [0.15, 0.2) is 72.7 Å². The Morgan fingerprint density at radius 3 is 2.48 bits per heavy atom. The van der Waals surface area contributed by atoms with Gasteiger partial charge in [-0.2, -0.15) is 0 Å². The Morgan fingerprint density at radius 1 is 1.09 bits per heavy atom. The van der Waals surface area contributed by atoms with E-state index in [-0.39, 0.29) is 23.8 Å². The van der Waals surface area contributed by atoms with Gasteiger partial charge in [-0.15, -0.1) is 0 Å². The van der Waals surface area contributed by atoms with Crippen LogP contribution in [0.25, 0.3) is 5.76 Å². The maximum Gasteiger partial charge on any atom is 0.296 e. The van der Waals surface area contributed by atoms with Crippen LogP contribution in [0.5, 0.6) is 5.75 Å². The summed E-state index contributed by atoms with van der Waals surface area (Å²) in [4.78, 5) is 36.1. The Balaban J connectivity index is 1.86. The second-order valence-corrected chi connectivity index (χ2v) is 8.15. The number of amides is 1. The molecule has 1 saturated heterocycles. The van der Waals surface area contributed by atoms with Crippen LogP contribution >= 0.6 is 0 Å². The van der Waals surface area contributed by atoms with Gasteiger partial charge in [-0.1, -0.05) is 19.9 Å². The molecule has 0 radical (unpaired) electrons. The van der Waals surface area contributed by atoms with Crippen LogP contribution in [-0.4, -0.2) is 38.8 Å². The summed E-state index contributed by atoms with van der Waals surface area (Å²) in [7, 11) is 1.59. The summed E-state index contributed by atoms with van der Waals surface area (Å²) in [5.41, 5.74) is 2.68. The van der Waals surface area contributed by atoms with E-state index in [9.17, 15) is 14.7 Å². The summed E-state index contributed by atoms with van der Waals surface area (Å²) in [5, 5.41) is 11.3. The molecule has 1 atom stereocenters. The molecule has 1 amide bonds. The predicted molar refractivity (Wildman–Crippen MR) is 123 cm³/mol. The number of pyridine rings is 2. The molecule has 1 aliphatic heterocycles. The lowest BCUT2D eigenvalue weighted by atomic mass is 9.94. The molecule has 3 aromatic rings. The fourth-order valence-electron chi connectivity index (χ4n) is 4.06. The van der Waals surface area contributed by atoms with E-state index >= 15 is 0 Å². The maximum atomic E-state index is 13.2. The van der Waals surface area contributed by atoms with E-state index in [1.807, 2.05) is 13.8 Å². The zero-order valence-electron chi connectivity index (χ0n) is 18.7. The smallest absolute Gasteiger partial charge is 0.296 e. The summed E-state index contributed by atoms with van der Waals surface area (Å²) in [6, 6.07) is 13.3. The number of carbonyl (C=O) groups excluding carboxylic acids is 2. The molecule has 3 heterocycles. The minimum Gasteiger partial charge on any atom is -0.507 e. The van der Waals surface area contributed by atoms with Gasteiger partial charge in [0.25, 0.3) is 11.7 Å². The third kappa shape index (κ3) is 4.22. The number of ketones is 1. The number of Topliss-reactive ketones (excluding diaryl/α,β-unsaturated/α-hetero) is 1. The van der Waals surface area contributed by atoms with Gasteiger partial charge in [0.1, 0.15) is 17.6 Å². The van der Waals surface area contributed by atoms with Gasteiger partial charge in [-0.05, 0) is 59.5 Å². The van der Waals surface area contributed by atoms with Crippen LogP contribution in [-0.2, 0) is 16.1 Å². The number of nitrogens with zero attached hydrogens (tertiary/aromatic N) is 3. The fourth-order valence-corrected chi connectivity index (χ4v) is 4.06. The van der Waals surface area contributed by atoms with Crippen molar-refractivity contribution in [3.63, 3.8) is 0 Å². The average molecular weight is 444 g/mol. The number of hydrogen-bond acceptors (Lipinski definition) is 6. The minimum absolute atomic E-state index is 0.0210. The molecular weight excluding hydrogens is 418 g/mol. The summed E-state index contributed by atoms with van der Waals surface area (Å²) >= 11 is 0. The topological polar surface area (TPSA) is 92.6 Å². The molecule has 33 heavy (non-hydrogen) atoms. The normalized spacial score (nSPS) is 17.6. The SMILES string of the molecule is COc1ccc(/C(O)=C2/C(=O)C(=O)N(Cc3ccncc3)C2c2ccccn2)cc1C(C)C. The lowest BCUT2D eigenvalue weighted by molar-refractivity contribution is -0.140. The van der Waals surface area contributed by atoms with Crippen molar-refractivity contribution >= 4 is 17.4 Å². The first kappa shape index (κ1) is 22.2. The molecule has 168 valence electrons. The lowest BCUT2D eigenvalue weighted by Gasteiger charge is -2.24. The van der Waals surface area contributed by atoms with Crippen molar-refractivity contribution in [2.45, 2.75) is 32.4 Å². The molecule has 0 aliphatic carbocycles. The number of aliphatic hydroxyl groups excluding tert-OH is 1. The molecule has 2 aromatic heterocycles. The van der Waals surface area contributed by atoms with Crippen molar-refractivity contribution in [3.05, 3.63) is 95.1 Å². The number of benzene rings is 1. The summed E-state index contributed by atoms with van der Waals surface area (Å²) < 4.78 is 5.44. The maximum absolute atomic E-state index is 13.2. The number of likely N-dealkylation sites (tertiary alicyclic amines) is 1. The largest absolute Gasteiger partial charge is 0.507 e. The highest BCUT2D eigenvalue weighted by atomic mass is 16.5. The Bertz CT molecular complexity index is 1210. The summed E-state index contributed by atoms with van der Waals surface area (Å²) in [6.07, 6.45) is 4.87. The van der Waals surface area contributed by atoms with Crippen LogP contribution in [0, 0.1) is 0 Å². The van der Waals surface area contributed by atoms with Crippen molar-refractivity contribution in [1.29, 1.82) is 0 Å². The first-order valence-corrected chi connectivity index (χ1v) is 10.7. The van der Waals surface area contributed by atoms with Crippen LogP contribution in [0.1, 0.15) is 48.2 Å². The van der Waals surface area contributed by atoms with Gasteiger partial charge in [0, 0.05) is 30.7 Å². The second-order valence-electron chi connectivity index (χ2n) is 8.15. The van der Waals surface area contributed by atoms with Gasteiger partial charge in [0.05, 0.1) is 18.4 Å². The van der Waals surface area contributed by atoms with Crippen molar-refractivity contribution in [2.24, 2.45) is 0 Å². The third-order valence-electron chi connectivity index (χ3n) is 5.74. The van der Waals surface area contributed by atoms with Crippen molar-refractivity contribution in [3.8, 4) is 5.75 Å². The van der Waals surface area contributed by atoms with Crippen LogP contribution in [0.2, 0.25) is 0 Å². The van der Waals surface area contributed by atoms with Crippen molar-refractivity contribution in [1.82, 2.24) is 14.9 Å². The van der Waals surface area contributed by atoms with E-state index in [0.29, 0.717) is 17.0 Å². The molecule has 0 spiro atoms. The van der Waals surface area contributed by atoms with Gasteiger partial charge in [0.2, 0.25) is 0 Å². The zero-order chi connectivity index (χ0) is 23.5. The number of methoxy groups -OCH3 is 1. The van der Waals surface area contributed by atoms with Gasteiger partial charge in [-0.25, -0.2) is 0 Å². The molecule has 0 bridgehead atoms. The quantitative estimate of drug-likeness (QED) is 0.348. The van der Waals surface area contributed by atoms with Gasteiger partial charge >= 0.3 is 0 Å². The van der Waals surface area contributed by atoms with Crippen LogP contribution in [0.3, 0.4) is 0 Å². The molecule has 7 heteroatoms. The van der Waals surface area contributed by atoms with Gasteiger partial charge in [0.15, 0.2) is 0 Å². The monoisotopic (exact) mass is 443 g/mol. The van der Waals surface area contributed by atoms with E-state index in [1.165, 1.54) is 4.90 Å². The lowest BCUT2D eigenvalue weighted by Crippen LogP contribution is -2.29. The molecule has 1 unspecified atom stereocenters. The fraction of sp³-hybridized carbons (Fsp3) is 0.231. The first-order chi connectivity index (χ1) is 15.9. The van der Waals surface area contributed by atoms with E-state index in [1.54, 1.807) is 74.2 Å². The Kier molecular flexibility index (Phi) is 6.22. The second kappa shape index (κ2) is 9.24. The Hall–Kier alpha value is -4.00. The van der Waals surface area contributed by atoms with Gasteiger partial charge in [-0.3, -0.25) is 19.6 Å². The highest BCUT2D eigenvalue weighted by Gasteiger charge is 2.46. The number of carbonyl (C=O) groups is 2. The summed E-state index contributed by atoms with van der Waals surface area (Å²) in [5.74, 6) is -0.819. The molecule has 0 saturated carbocycles. The molecule has 1 aromatic carbocycles. The number of ether oxygens (including phenoxy) is 1.